The zero-order valence-electron chi connectivity index (χ0n) is 16.2. The minimum atomic E-state index is -0.830. The number of halogens is 2. The lowest BCUT2D eigenvalue weighted by atomic mass is 9.81. The van der Waals surface area contributed by atoms with Gasteiger partial charge < -0.3 is 4.90 Å². The molecule has 2 saturated heterocycles. The topological polar surface area (TPSA) is 44.4 Å². The van der Waals surface area contributed by atoms with Crippen LogP contribution in [0.5, 0.6) is 0 Å². The van der Waals surface area contributed by atoms with E-state index in [2.05, 4.69) is 10.9 Å². The van der Waals surface area contributed by atoms with E-state index in [0.29, 0.717) is 13.1 Å². The molecule has 152 valence electrons. The van der Waals surface area contributed by atoms with Gasteiger partial charge in [-0.15, -0.1) is 0 Å². The quantitative estimate of drug-likeness (QED) is 0.777. The first-order valence-electron chi connectivity index (χ1n) is 10.1. The van der Waals surface area contributed by atoms with Crippen LogP contribution in [0.4, 0.5) is 8.78 Å². The molecule has 0 aliphatic carbocycles. The predicted octanol–water partition coefficient (Wildman–Crippen LogP) is 3.48. The van der Waals surface area contributed by atoms with E-state index >= 15 is 0 Å². The lowest BCUT2D eigenvalue weighted by Crippen LogP contribution is -2.48. The SMILES string of the molecule is O=C(/C=C/c1ccccc1)N1CCCC(C2NNCC2c2ccc(F)c(F)c2)C1. The van der Waals surface area contributed by atoms with Crippen LogP contribution in [-0.4, -0.2) is 36.5 Å². The summed E-state index contributed by atoms with van der Waals surface area (Å²) in [6.07, 6.45) is 5.39. The summed E-state index contributed by atoms with van der Waals surface area (Å²) in [4.78, 5) is 14.6. The van der Waals surface area contributed by atoms with Gasteiger partial charge >= 0.3 is 0 Å². The Morgan fingerprint density at radius 3 is 2.72 bits per heavy atom. The summed E-state index contributed by atoms with van der Waals surface area (Å²) >= 11 is 0. The molecule has 2 aromatic rings. The molecule has 1 amide bonds. The van der Waals surface area contributed by atoms with Crippen LogP contribution in [0.25, 0.3) is 6.08 Å². The summed E-state index contributed by atoms with van der Waals surface area (Å²) < 4.78 is 27.0. The van der Waals surface area contributed by atoms with Gasteiger partial charge in [0, 0.05) is 37.7 Å². The minimum absolute atomic E-state index is 0.00823. The highest BCUT2D eigenvalue weighted by molar-refractivity contribution is 5.91. The second kappa shape index (κ2) is 8.84. The summed E-state index contributed by atoms with van der Waals surface area (Å²) in [7, 11) is 0. The molecule has 4 rings (SSSR count). The number of hydrogen-bond acceptors (Lipinski definition) is 3. The number of hydrazine groups is 1. The van der Waals surface area contributed by atoms with E-state index in [4.69, 9.17) is 0 Å². The molecule has 6 heteroatoms. The Hall–Kier alpha value is -2.57. The maximum absolute atomic E-state index is 13.7. The predicted molar refractivity (Wildman–Crippen MR) is 109 cm³/mol. The van der Waals surface area contributed by atoms with Crippen molar-refractivity contribution < 1.29 is 13.6 Å². The maximum atomic E-state index is 13.7. The fourth-order valence-electron chi connectivity index (χ4n) is 4.37. The smallest absolute Gasteiger partial charge is 0.246 e. The molecular formula is C23H25F2N3O. The van der Waals surface area contributed by atoms with Crippen LogP contribution >= 0.6 is 0 Å². The van der Waals surface area contributed by atoms with Crippen LogP contribution in [0, 0.1) is 17.6 Å². The van der Waals surface area contributed by atoms with Crippen molar-refractivity contribution in [3.8, 4) is 0 Å². The molecule has 0 aromatic heterocycles. The summed E-state index contributed by atoms with van der Waals surface area (Å²) in [5.74, 6) is -1.37. The van der Waals surface area contributed by atoms with Crippen molar-refractivity contribution in [2.45, 2.75) is 24.8 Å². The van der Waals surface area contributed by atoms with E-state index in [0.717, 1.165) is 30.5 Å². The van der Waals surface area contributed by atoms with Gasteiger partial charge in [0.05, 0.1) is 0 Å². The number of piperidine rings is 1. The number of rotatable bonds is 4. The van der Waals surface area contributed by atoms with Gasteiger partial charge in [-0.25, -0.2) is 8.78 Å². The van der Waals surface area contributed by atoms with Crippen LogP contribution in [0.15, 0.2) is 54.6 Å². The molecule has 2 aliphatic heterocycles. The van der Waals surface area contributed by atoms with Crippen molar-refractivity contribution in [3.63, 3.8) is 0 Å². The van der Waals surface area contributed by atoms with Crippen LogP contribution in [0.1, 0.15) is 29.9 Å². The molecule has 2 fully saturated rings. The molecule has 0 saturated carbocycles. The minimum Gasteiger partial charge on any atom is -0.339 e. The van der Waals surface area contributed by atoms with Crippen molar-refractivity contribution in [3.05, 3.63) is 77.4 Å². The zero-order valence-corrected chi connectivity index (χ0v) is 16.2. The lowest BCUT2D eigenvalue weighted by molar-refractivity contribution is -0.127. The summed E-state index contributed by atoms with van der Waals surface area (Å²) in [6, 6.07) is 13.9. The van der Waals surface area contributed by atoms with E-state index in [1.165, 1.54) is 12.1 Å². The van der Waals surface area contributed by atoms with Crippen LogP contribution in [-0.2, 0) is 4.79 Å². The monoisotopic (exact) mass is 397 g/mol. The van der Waals surface area contributed by atoms with Crippen molar-refractivity contribution in [2.75, 3.05) is 19.6 Å². The molecular weight excluding hydrogens is 372 g/mol. The third-order valence-electron chi connectivity index (χ3n) is 5.89. The van der Waals surface area contributed by atoms with E-state index in [-0.39, 0.29) is 23.8 Å². The van der Waals surface area contributed by atoms with Crippen molar-refractivity contribution >= 4 is 12.0 Å². The van der Waals surface area contributed by atoms with Crippen LogP contribution in [0.2, 0.25) is 0 Å². The first-order valence-corrected chi connectivity index (χ1v) is 10.1. The fourth-order valence-corrected chi connectivity index (χ4v) is 4.37. The van der Waals surface area contributed by atoms with E-state index < -0.39 is 11.6 Å². The van der Waals surface area contributed by atoms with Gasteiger partial charge in [0.2, 0.25) is 5.91 Å². The maximum Gasteiger partial charge on any atom is 0.246 e. The highest BCUT2D eigenvalue weighted by Crippen LogP contribution is 2.32. The Morgan fingerprint density at radius 2 is 1.93 bits per heavy atom. The van der Waals surface area contributed by atoms with Crippen molar-refractivity contribution in [1.29, 1.82) is 0 Å². The average molecular weight is 397 g/mol. The zero-order chi connectivity index (χ0) is 20.2. The number of nitrogens with one attached hydrogen (secondary N) is 2. The molecule has 29 heavy (non-hydrogen) atoms. The second-order valence-corrected chi connectivity index (χ2v) is 7.76. The van der Waals surface area contributed by atoms with Gasteiger partial charge in [0.1, 0.15) is 0 Å². The summed E-state index contributed by atoms with van der Waals surface area (Å²) in [5, 5.41) is 0. The molecule has 4 nitrogen and oxygen atoms in total. The average Bonchev–Trinajstić information content (AvgIpc) is 3.25. The fraction of sp³-hybridized carbons (Fsp3) is 0.348. The van der Waals surface area contributed by atoms with Crippen LogP contribution in [0.3, 0.4) is 0 Å². The first-order chi connectivity index (χ1) is 14.1. The molecule has 0 bridgehead atoms. The highest BCUT2D eigenvalue weighted by atomic mass is 19.2. The Balaban J connectivity index is 1.44. The van der Waals surface area contributed by atoms with Crippen molar-refractivity contribution in [1.82, 2.24) is 15.8 Å². The molecule has 0 radical (unpaired) electrons. The van der Waals surface area contributed by atoms with E-state index in [9.17, 15) is 13.6 Å². The number of benzene rings is 2. The second-order valence-electron chi connectivity index (χ2n) is 7.76. The number of nitrogens with zero attached hydrogens (tertiary/aromatic N) is 1. The molecule has 0 spiro atoms. The van der Waals surface area contributed by atoms with Gasteiger partial charge in [-0.2, -0.15) is 0 Å². The van der Waals surface area contributed by atoms with Gasteiger partial charge in [0.15, 0.2) is 11.6 Å². The van der Waals surface area contributed by atoms with Crippen LogP contribution < -0.4 is 10.9 Å². The molecule has 2 aromatic carbocycles. The Morgan fingerprint density at radius 1 is 1.10 bits per heavy atom. The number of carbonyl (C=O) groups excluding carboxylic acids is 1. The first kappa shape index (κ1) is 19.7. The number of hydrogen-bond donors (Lipinski definition) is 2. The lowest BCUT2D eigenvalue weighted by Gasteiger charge is -2.37. The third-order valence-corrected chi connectivity index (χ3v) is 5.89. The Bertz CT molecular complexity index is 887. The molecule has 3 atom stereocenters. The number of likely N-dealkylation sites (tertiary alicyclic amines) is 1. The summed E-state index contributed by atoms with van der Waals surface area (Å²) in [5.41, 5.74) is 8.24. The molecule has 2 heterocycles. The van der Waals surface area contributed by atoms with Gasteiger partial charge in [-0.3, -0.25) is 15.6 Å². The number of amides is 1. The molecule has 3 unspecified atom stereocenters. The molecule has 2 N–H and O–H groups in total. The summed E-state index contributed by atoms with van der Waals surface area (Å²) in [6.45, 7) is 2.04. The van der Waals surface area contributed by atoms with Crippen molar-refractivity contribution in [2.24, 2.45) is 5.92 Å². The Kier molecular flexibility index (Phi) is 6.02. The van der Waals surface area contributed by atoms with Gasteiger partial charge in [-0.1, -0.05) is 36.4 Å². The standard InChI is InChI=1S/C23H25F2N3O/c24-20-10-9-17(13-21(20)25)19-14-26-27-23(19)18-7-4-12-28(15-18)22(29)11-8-16-5-2-1-3-6-16/h1-3,5-6,8-11,13,18-19,23,26-27H,4,7,12,14-15H2/b11-8+. The highest BCUT2D eigenvalue weighted by Gasteiger charge is 2.37. The third kappa shape index (κ3) is 4.54. The number of carbonyl (C=O) groups is 1. The largest absolute Gasteiger partial charge is 0.339 e. The van der Waals surface area contributed by atoms with Gasteiger partial charge in [0.25, 0.3) is 0 Å². The van der Waals surface area contributed by atoms with Gasteiger partial charge in [-0.05, 0) is 48.1 Å². The normalized spacial score (nSPS) is 24.9. The van der Waals surface area contributed by atoms with E-state index in [1.54, 1.807) is 12.1 Å². The van der Waals surface area contributed by atoms with E-state index in [1.807, 2.05) is 41.3 Å². The Labute approximate surface area is 169 Å². The molecule has 2 aliphatic rings.